The van der Waals surface area contributed by atoms with Gasteiger partial charge in [0.05, 0.1) is 6.10 Å². The molecule has 3 rings (SSSR count). The Balaban J connectivity index is 2.01. The Morgan fingerprint density at radius 2 is 1.79 bits per heavy atom. The highest BCUT2D eigenvalue weighted by molar-refractivity contribution is 5.84. The standard InChI is InChI=1S/C24H29N5O4/c1-15(2)22(24(32)33)29(21(31)12-9-16(3)30)14-17-10-11-19(18-7-5-4-6-8-18)20(13-17)23-25-27-28-26-23/h4-8,10-11,13,15-16,22,30H,9,12,14H2,1-3H3,(H,32,33)(H,25,26,27,28). The van der Waals surface area contributed by atoms with Crippen LogP contribution in [0.25, 0.3) is 22.5 Å². The molecule has 0 saturated carbocycles. The molecule has 2 atom stereocenters. The van der Waals surface area contributed by atoms with Crippen molar-refractivity contribution < 1.29 is 19.8 Å². The summed E-state index contributed by atoms with van der Waals surface area (Å²) >= 11 is 0. The molecule has 0 aliphatic heterocycles. The van der Waals surface area contributed by atoms with Gasteiger partial charge in [-0.3, -0.25) is 4.79 Å². The number of aliphatic carboxylic acids is 1. The summed E-state index contributed by atoms with van der Waals surface area (Å²) in [5.74, 6) is -1.26. The molecule has 0 saturated heterocycles. The van der Waals surface area contributed by atoms with Gasteiger partial charge in [0.1, 0.15) is 6.04 Å². The summed E-state index contributed by atoms with van der Waals surface area (Å²) in [6, 6.07) is 14.4. The van der Waals surface area contributed by atoms with Gasteiger partial charge >= 0.3 is 5.97 Å². The normalized spacial score (nSPS) is 13.0. The van der Waals surface area contributed by atoms with Crippen LogP contribution >= 0.6 is 0 Å². The summed E-state index contributed by atoms with van der Waals surface area (Å²) < 4.78 is 0. The third-order valence-corrected chi connectivity index (χ3v) is 5.42. The number of carboxylic acids is 1. The van der Waals surface area contributed by atoms with Gasteiger partial charge in [0.2, 0.25) is 11.7 Å². The molecule has 0 aliphatic carbocycles. The van der Waals surface area contributed by atoms with Gasteiger partial charge in [0, 0.05) is 18.5 Å². The molecule has 0 bridgehead atoms. The van der Waals surface area contributed by atoms with Crippen LogP contribution in [-0.4, -0.2) is 59.8 Å². The second kappa shape index (κ2) is 10.8. The van der Waals surface area contributed by atoms with Crippen molar-refractivity contribution in [2.24, 2.45) is 5.92 Å². The number of hydrogen-bond donors (Lipinski definition) is 3. The number of amides is 1. The molecular formula is C24H29N5O4. The van der Waals surface area contributed by atoms with Crippen molar-refractivity contribution in [1.29, 1.82) is 0 Å². The Labute approximate surface area is 192 Å². The number of benzene rings is 2. The Kier molecular flexibility index (Phi) is 7.89. The zero-order valence-corrected chi connectivity index (χ0v) is 19.0. The van der Waals surface area contributed by atoms with E-state index in [0.717, 1.165) is 22.3 Å². The maximum absolute atomic E-state index is 13.0. The summed E-state index contributed by atoms with van der Waals surface area (Å²) in [5, 5.41) is 33.8. The third-order valence-electron chi connectivity index (χ3n) is 5.42. The van der Waals surface area contributed by atoms with Crippen molar-refractivity contribution in [3.63, 3.8) is 0 Å². The van der Waals surface area contributed by atoms with Crippen LogP contribution in [0.4, 0.5) is 0 Å². The van der Waals surface area contributed by atoms with Crippen molar-refractivity contribution >= 4 is 11.9 Å². The van der Waals surface area contributed by atoms with Crippen molar-refractivity contribution in [2.45, 2.75) is 52.3 Å². The minimum atomic E-state index is -1.06. The molecule has 33 heavy (non-hydrogen) atoms. The van der Waals surface area contributed by atoms with Crippen molar-refractivity contribution in [3.05, 3.63) is 54.1 Å². The number of nitrogens with zero attached hydrogens (tertiary/aromatic N) is 4. The lowest BCUT2D eigenvalue weighted by Crippen LogP contribution is -2.47. The van der Waals surface area contributed by atoms with Crippen LogP contribution in [0.3, 0.4) is 0 Å². The SMILES string of the molecule is CC(O)CCC(=O)N(Cc1ccc(-c2ccccc2)c(-c2nn[nH]n2)c1)C(C(=O)O)C(C)C. The molecule has 0 spiro atoms. The van der Waals surface area contributed by atoms with E-state index < -0.39 is 18.1 Å². The number of carbonyl (C=O) groups is 2. The number of aromatic nitrogens is 4. The minimum absolute atomic E-state index is 0.0635. The van der Waals surface area contributed by atoms with Crippen LogP contribution in [0.1, 0.15) is 39.2 Å². The van der Waals surface area contributed by atoms with E-state index >= 15 is 0 Å². The van der Waals surface area contributed by atoms with Crippen LogP contribution in [0.15, 0.2) is 48.5 Å². The Morgan fingerprint density at radius 1 is 1.06 bits per heavy atom. The molecule has 9 heteroatoms. The molecule has 0 radical (unpaired) electrons. The number of carbonyl (C=O) groups excluding carboxylic acids is 1. The van der Waals surface area contributed by atoms with Crippen LogP contribution in [0, 0.1) is 5.92 Å². The number of tetrazole rings is 1. The van der Waals surface area contributed by atoms with Gasteiger partial charge in [-0.15, -0.1) is 10.2 Å². The molecule has 3 N–H and O–H groups in total. The number of nitrogens with one attached hydrogen (secondary N) is 1. The smallest absolute Gasteiger partial charge is 0.326 e. The first kappa shape index (κ1) is 24.1. The maximum Gasteiger partial charge on any atom is 0.326 e. The zero-order chi connectivity index (χ0) is 24.0. The van der Waals surface area contributed by atoms with E-state index in [1.165, 1.54) is 4.90 Å². The largest absolute Gasteiger partial charge is 0.480 e. The molecule has 2 unspecified atom stereocenters. The van der Waals surface area contributed by atoms with E-state index in [9.17, 15) is 19.8 Å². The van der Waals surface area contributed by atoms with E-state index in [1.54, 1.807) is 20.8 Å². The van der Waals surface area contributed by atoms with Gasteiger partial charge in [0.15, 0.2) is 0 Å². The Morgan fingerprint density at radius 3 is 2.36 bits per heavy atom. The quantitative estimate of drug-likeness (QED) is 0.431. The molecule has 2 aromatic carbocycles. The van der Waals surface area contributed by atoms with Gasteiger partial charge in [0.25, 0.3) is 0 Å². The first-order valence-electron chi connectivity index (χ1n) is 10.9. The van der Waals surface area contributed by atoms with Gasteiger partial charge in [-0.05, 0) is 47.2 Å². The predicted molar refractivity (Wildman–Crippen MR) is 123 cm³/mol. The number of H-pyrrole nitrogens is 1. The van der Waals surface area contributed by atoms with Crippen LogP contribution in [-0.2, 0) is 16.1 Å². The highest BCUT2D eigenvalue weighted by Gasteiger charge is 2.32. The van der Waals surface area contributed by atoms with Gasteiger partial charge in [-0.25, -0.2) is 4.79 Å². The summed E-state index contributed by atoms with van der Waals surface area (Å²) in [5.41, 5.74) is 3.33. The highest BCUT2D eigenvalue weighted by atomic mass is 16.4. The Bertz CT molecular complexity index is 1070. The lowest BCUT2D eigenvalue weighted by Gasteiger charge is -2.32. The summed E-state index contributed by atoms with van der Waals surface area (Å²) in [7, 11) is 0. The lowest BCUT2D eigenvalue weighted by atomic mass is 9.96. The summed E-state index contributed by atoms with van der Waals surface area (Å²) in [6.07, 6.45) is -0.317. The summed E-state index contributed by atoms with van der Waals surface area (Å²) in [4.78, 5) is 26.4. The van der Waals surface area contributed by atoms with Crippen LogP contribution in [0.2, 0.25) is 0 Å². The van der Waals surface area contributed by atoms with Gasteiger partial charge in [-0.2, -0.15) is 5.21 Å². The number of hydrogen-bond acceptors (Lipinski definition) is 6. The first-order valence-corrected chi connectivity index (χ1v) is 10.9. The molecule has 0 aliphatic rings. The molecule has 1 heterocycles. The molecular weight excluding hydrogens is 422 g/mol. The van der Waals surface area contributed by atoms with E-state index in [4.69, 9.17) is 0 Å². The van der Waals surface area contributed by atoms with E-state index in [-0.39, 0.29) is 31.2 Å². The molecule has 1 aromatic heterocycles. The fraction of sp³-hybridized carbons (Fsp3) is 0.375. The Hall–Kier alpha value is -3.59. The average Bonchev–Trinajstić information content (AvgIpc) is 3.32. The van der Waals surface area contributed by atoms with Crippen molar-refractivity contribution in [1.82, 2.24) is 25.5 Å². The monoisotopic (exact) mass is 451 g/mol. The second-order valence-corrected chi connectivity index (χ2v) is 8.42. The lowest BCUT2D eigenvalue weighted by molar-refractivity contribution is -0.153. The number of aliphatic hydroxyl groups excluding tert-OH is 1. The first-order chi connectivity index (χ1) is 15.8. The predicted octanol–water partition coefficient (Wildman–Crippen LogP) is 3.13. The number of carboxylic acid groups (broad SMARTS) is 1. The second-order valence-electron chi connectivity index (χ2n) is 8.42. The number of aliphatic hydroxyl groups is 1. The molecule has 174 valence electrons. The average molecular weight is 452 g/mol. The molecule has 9 nitrogen and oxygen atoms in total. The van der Waals surface area contributed by atoms with Crippen LogP contribution in [0.5, 0.6) is 0 Å². The molecule has 1 amide bonds. The fourth-order valence-electron chi connectivity index (χ4n) is 3.81. The third kappa shape index (κ3) is 6.01. The molecule has 3 aromatic rings. The van der Waals surface area contributed by atoms with E-state index in [0.29, 0.717) is 5.82 Å². The van der Waals surface area contributed by atoms with E-state index in [2.05, 4.69) is 20.6 Å². The highest BCUT2D eigenvalue weighted by Crippen LogP contribution is 2.31. The van der Waals surface area contributed by atoms with Crippen molar-refractivity contribution in [2.75, 3.05) is 0 Å². The molecule has 0 fully saturated rings. The van der Waals surface area contributed by atoms with Gasteiger partial charge < -0.3 is 15.1 Å². The number of rotatable bonds is 10. The van der Waals surface area contributed by atoms with Gasteiger partial charge in [-0.1, -0.05) is 56.3 Å². The van der Waals surface area contributed by atoms with Crippen LogP contribution < -0.4 is 0 Å². The summed E-state index contributed by atoms with van der Waals surface area (Å²) in [6.45, 7) is 5.26. The minimum Gasteiger partial charge on any atom is -0.480 e. The van der Waals surface area contributed by atoms with Crippen molar-refractivity contribution in [3.8, 4) is 22.5 Å². The fourth-order valence-corrected chi connectivity index (χ4v) is 3.81. The van der Waals surface area contributed by atoms with E-state index in [1.807, 2.05) is 48.5 Å². The zero-order valence-electron chi connectivity index (χ0n) is 19.0. The number of aromatic amines is 1. The topological polar surface area (TPSA) is 132 Å². The maximum atomic E-state index is 13.0.